The van der Waals surface area contributed by atoms with Crippen LogP contribution in [0.1, 0.15) is 0 Å². The smallest absolute Gasteiger partial charge is 0.465 e. The van der Waals surface area contributed by atoms with Crippen molar-refractivity contribution in [3.63, 3.8) is 0 Å². The molecule has 0 radical (unpaired) electrons. The molecule has 0 atom stereocenters. The molecule has 6 nitrogen and oxygen atoms in total. The molecule has 108 valence electrons. The molecule has 1 fully saturated rings. The second-order valence-electron chi connectivity index (χ2n) is 4.53. The minimum atomic E-state index is -3.65. The molecule has 0 spiro atoms. The molecule has 3 rings (SSSR count). The number of para-hydroxylation sites is 1. The maximum absolute atomic E-state index is 13.1. The van der Waals surface area contributed by atoms with Gasteiger partial charge in [-0.3, -0.25) is 0 Å². The highest BCUT2D eigenvalue weighted by atomic mass is 19.3. The fraction of sp³-hybridized carbons (Fsp3) is 0.417. The lowest BCUT2D eigenvalue weighted by molar-refractivity contribution is -0.286. The largest absolute Gasteiger partial charge is 0.586 e. The van der Waals surface area contributed by atoms with E-state index in [2.05, 4.69) is 9.47 Å². The van der Waals surface area contributed by atoms with Crippen LogP contribution in [0.2, 0.25) is 0 Å². The van der Waals surface area contributed by atoms with E-state index in [1.165, 1.54) is 11.0 Å². The fourth-order valence-electron chi connectivity index (χ4n) is 2.34. The van der Waals surface area contributed by atoms with E-state index in [4.69, 9.17) is 5.11 Å². The summed E-state index contributed by atoms with van der Waals surface area (Å²) in [5.41, 5.74) is 0.490. The fourth-order valence-corrected chi connectivity index (χ4v) is 2.34. The first kappa shape index (κ1) is 12.8. The highest BCUT2D eigenvalue weighted by molar-refractivity contribution is 5.68. The number of amides is 1. The summed E-state index contributed by atoms with van der Waals surface area (Å²) < 4.78 is 35.1. The summed E-state index contributed by atoms with van der Waals surface area (Å²) in [6.07, 6.45) is -4.63. The zero-order valence-corrected chi connectivity index (χ0v) is 10.4. The number of carboxylic acid groups (broad SMARTS) is 1. The Morgan fingerprint density at radius 1 is 1.20 bits per heavy atom. The van der Waals surface area contributed by atoms with Gasteiger partial charge in [-0.2, -0.15) is 0 Å². The summed E-state index contributed by atoms with van der Waals surface area (Å²) in [7, 11) is 0. The van der Waals surface area contributed by atoms with Gasteiger partial charge in [0.1, 0.15) is 0 Å². The second kappa shape index (κ2) is 4.39. The highest BCUT2D eigenvalue weighted by Crippen LogP contribution is 2.47. The van der Waals surface area contributed by atoms with Crippen LogP contribution in [0.5, 0.6) is 11.5 Å². The number of halogens is 2. The van der Waals surface area contributed by atoms with Crippen molar-refractivity contribution < 1.29 is 28.2 Å². The van der Waals surface area contributed by atoms with Crippen molar-refractivity contribution in [2.75, 3.05) is 31.1 Å². The van der Waals surface area contributed by atoms with E-state index in [9.17, 15) is 13.6 Å². The zero-order chi connectivity index (χ0) is 14.3. The minimum Gasteiger partial charge on any atom is -0.465 e. The van der Waals surface area contributed by atoms with E-state index in [1.54, 1.807) is 12.1 Å². The van der Waals surface area contributed by atoms with E-state index in [-0.39, 0.29) is 11.5 Å². The number of hydrogen-bond acceptors (Lipinski definition) is 4. The van der Waals surface area contributed by atoms with Crippen LogP contribution in [0, 0.1) is 0 Å². The van der Waals surface area contributed by atoms with Crippen LogP contribution >= 0.6 is 0 Å². The van der Waals surface area contributed by atoms with Crippen LogP contribution in [0.3, 0.4) is 0 Å². The minimum absolute atomic E-state index is 0.00118. The maximum atomic E-state index is 13.1. The quantitative estimate of drug-likeness (QED) is 0.853. The van der Waals surface area contributed by atoms with Crippen LogP contribution in [0.25, 0.3) is 0 Å². The molecule has 2 aliphatic heterocycles. The number of carbonyl (C=O) groups is 1. The maximum Gasteiger partial charge on any atom is 0.586 e. The molecule has 1 N–H and O–H groups in total. The first-order valence-corrected chi connectivity index (χ1v) is 6.08. The lowest BCUT2D eigenvalue weighted by Gasteiger charge is -2.34. The first-order valence-electron chi connectivity index (χ1n) is 6.08. The van der Waals surface area contributed by atoms with Gasteiger partial charge in [0.2, 0.25) is 0 Å². The molecule has 0 bridgehead atoms. The van der Waals surface area contributed by atoms with Gasteiger partial charge in [-0.25, -0.2) is 4.79 Å². The molecule has 1 aromatic rings. The van der Waals surface area contributed by atoms with Crippen LogP contribution in [-0.2, 0) is 0 Å². The van der Waals surface area contributed by atoms with E-state index >= 15 is 0 Å². The van der Waals surface area contributed by atoms with Gasteiger partial charge in [0.05, 0.1) is 5.69 Å². The summed E-state index contributed by atoms with van der Waals surface area (Å²) in [5, 5.41) is 8.88. The molecular formula is C12H12F2N2O4. The lowest BCUT2D eigenvalue weighted by atomic mass is 10.2. The van der Waals surface area contributed by atoms with Crippen molar-refractivity contribution in [3.8, 4) is 11.5 Å². The van der Waals surface area contributed by atoms with E-state index in [0.717, 1.165) is 0 Å². The second-order valence-corrected chi connectivity index (χ2v) is 4.53. The van der Waals surface area contributed by atoms with Gasteiger partial charge in [0.15, 0.2) is 11.5 Å². The average molecular weight is 286 g/mol. The van der Waals surface area contributed by atoms with Crippen molar-refractivity contribution >= 4 is 11.8 Å². The third kappa shape index (κ3) is 2.17. The van der Waals surface area contributed by atoms with Gasteiger partial charge >= 0.3 is 12.4 Å². The number of benzene rings is 1. The number of piperazine rings is 1. The Labute approximate surface area is 113 Å². The van der Waals surface area contributed by atoms with Crippen LogP contribution < -0.4 is 14.4 Å². The SMILES string of the molecule is O=C(O)N1CCN(c2cccc3c2OC(F)(F)O3)CC1. The van der Waals surface area contributed by atoms with Gasteiger partial charge in [-0.1, -0.05) is 6.07 Å². The number of fused-ring (bicyclic) bond motifs is 1. The Hall–Kier alpha value is -2.25. The molecule has 1 amide bonds. The Morgan fingerprint density at radius 3 is 2.55 bits per heavy atom. The van der Waals surface area contributed by atoms with Crippen LogP contribution in [-0.4, -0.2) is 48.6 Å². The molecule has 20 heavy (non-hydrogen) atoms. The Balaban J connectivity index is 1.80. The van der Waals surface area contributed by atoms with E-state index < -0.39 is 12.4 Å². The van der Waals surface area contributed by atoms with Gasteiger partial charge in [-0.05, 0) is 12.1 Å². The Bertz CT molecular complexity index is 544. The lowest BCUT2D eigenvalue weighted by Crippen LogP contribution is -2.48. The number of hydrogen-bond donors (Lipinski definition) is 1. The highest BCUT2D eigenvalue weighted by Gasteiger charge is 2.45. The summed E-state index contributed by atoms with van der Waals surface area (Å²) >= 11 is 0. The molecule has 0 unspecified atom stereocenters. The molecule has 0 saturated carbocycles. The van der Waals surface area contributed by atoms with Gasteiger partial charge in [-0.15, -0.1) is 8.78 Å². The number of nitrogens with zero attached hydrogens (tertiary/aromatic N) is 2. The number of alkyl halides is 2. The molecule has 1 saturated heterocycles. The first-order chi connectivity index (χ1) is 9.46. The van der Waals surface area contributed by atoms with Crippen molar-refractivity contribution in [2.24, 2.45) is 0 Å². The van der Waals surface area contributed by atoms with Gasteiger partial charge < -0.3 is 24.4 Å². The van der Waals surface area contributed by atoms with Gasteiger partial charge in [0, 0.05) is 26.2 Å². The normalized spacial score (nSPS) is 20.1. The predicted octanol–water partition coefficient (Wildman–Crippen LogP) is 1.81. The molecule has 2 heterocycles. The summed E-state index contributed by atoms with van der Waals surface area (Å²) in [6.45, 7) is 1.46. The molecule has 2 aliphatic rings. The predicted molar refractivity (Wildman–Crippen MR) is 64.5 cm³/mol. The Kier molecular flexibility index (Phi) is 2.81. The topological polar surface area (TPSA) is 62.2 Å². The van der Waals surface area contributed by atoms with E-state index in [0.29, 0.717) is 31.9 Å². The molecule has 8 heteroatoms. The summed E-state index contributed by atoms with van der Waals surface area (Å²) in [6, 6.07) is 4.66. The molecule has 0 aromatic heterocycles. The molecular weight excluding hydrogens is 274 g/mol. The molecule has 0 aliphatic carbocycles. The zero-order valence-electron chi connectivity index (χ0n) is 10.4. The van der Waals surface area contributed by atoms with Crippen molar-refractivity contribution in [1.29, 1.82) is 0 Å². The van der Waals surface area contributed by atoms with Crippen molar-refractivity contribution in [3.05, 3.63) is 18.2 Å². The summed E-state index contributed by atoms with van der Waals surface area (Å²) in [5.74, 6) is -0.00515. The standard InChI is InChI=1S/C12H12F2N2O4/c13-12(14)19-9-3-1-2-8(10(9)20-12)15-4-6-16(7-5-15)11(17)18/h1-3H,4-7H2,(H,17,18). The number of anilines is 1. The average Bonchev–Trinajstić information content (AvgIpc) is 2.72. The van der Waals surface area contributed by atoms with E-state index in [1.807, 2.05) is 4.90 Å². The number of rotatable bonds is 1. The Morgan fingerprint density at radius 2 is 1.90 bits per heavy atom. The van der Waals surface area contributed by atoms with Crippen LogP contribution in [0.15, 0.2) is 18.2 Å². The van der Waals surface area contributed by atoms with Crippen molar-refractivity contribution in [1.82, 2.24) is 4.90 Å². The monoisotopic (exact) mass is 286 g/mol. The third-order valence-corrected chi connectivity index (χ3v) is 3.30. The third-order valence-electron chi connectivity index (χ3n) is 3.30. The molecule has 1 aromatic carbocycles. The number of ether oxygens (including phenoxy) is 2. The van der Waals surface area contributed by atoms with Crippen LogP contribution in [0.4, 0.5) is 19.3 Å². The van der Waals surface area contributed by atoms with Crippen molar-refractivity contribution in [2.45, 2.75) is 6.29 Å². The summed E-state index contributed by atoms with van der Waals surface area (Å²) in [4.78, 5) is 13.9. The van der Waals surface area contributed by atoms with Gasteiger partial charge in [0.25, 0.3) is 0 Å².